The van der Waals surface area contributed by atoms with Crippen molar-refractivity contribution < 1.29 is 36.8 Å². The Labute approximate surface area is 193 Å². The van der Waals surface area contributed by atoms with Crippen molar-refractivity contribution in [3.05, 3.63) is 59.7 Å². The second-order valence-electron chi connectivity index (χ2n) is 6.99. The van der Waals surface area contributed by atoms with Gasteiger partial charge in [-0.3, -0.25) is 0 Å². The average molecular weight is 485 g/mol. The van der Waals surface area contributed by atoms with E-state index in [1.807, 2.05) is 31.2 Å². The maximum atomic E-state index is 9.23. The molecule has 0 saturated carbocycles. The van der Waals surface area contributed by atoms with Crippen molar-refractivity contribution in [2.75, 3.05) is 42.7 Å². The SMILES string of the molecule is CO[Si](CCc1ccc(O)cc1)(OC)OC.CO[Si](OC)(OC)C(C)c1ccc(O)cc1. The first-order valence-corrected chi connectivity index (χ1v) is 13.9. The second kappa shape index (κ2) is 13.7. The zero-order valence-corrected chi connectivity index (χ0v) is 22.0. The summed E-state index contributed by atoms with van der Waals surface area (Å²) in [6.07, 6.45) is 0.808. The van der Waals surface area contributed by atoms with E-state index >= 15 is 0 Å². The summed E-state index contributed by atoms with van der Waals surface area (Å²) in [5.74, 6) is 0.521. The molecule has 2 aromatic rings. The Kier molecular flexibility index (Phi) is 12.1. The Morgan fingerprint density at radius 1 is 0.656 bits per heavy atom. The maximum absolute atomic E-state index is 9.23. The highest BCUT2D eigenvalue weighted by molar-refractivity contribution is 6.62. The molecule has 0 aliphatic heterocycles. The summed E-state index contributed by atoms with van der Waals surface area (Å²) in [5, 5.41) is 18.4. The molecule has 180 valence electrons. The largest absolute Gasteiger partial charge is 0.508 e. The second-order valence-corrected chi connectivity index (χ2v) is 13.4. The van der Waals surface area contributed by atoms with E-state index in [0.29, 0.717) is 0 Å². The van der Waals surface area contributed by atoms with Crippen LogP contribution in [0.5, 0.6) is 11.5 Å². The van der Waals surface area contributed by atoms with Crippen LogP contribution in [0.4, 0.5) is 0 Å². The molecular formula is C22H36O8Si2. The third-order valence-electron chi connectivity index (χ3n) is 5.37. The van der Waals surface area contributed by atoms with Crippen LogP contribution in [0.2, 0.25) is 6.04 Å². The van der Waals surface area contributed by atoms with Gasteiger partial charge in [0.2, 0.25) is 0 Å². The molecule has 0 radical (unpaired) electrons. The molecule has 10 heteroatoms. The van der Waals surface area contributed by atoms with E-state index in [-0.39, 0.29) is 17.0 Å². The molecule has 0 amide bonds. The molecule has 1 atom stereocenters. The monoisotopic (exact) mass is 484 g/mol. The maximum Gasteiger partial charge on any atom is 0.507 e. The molecule has 0 spiro atoms. The highest BCUT2D eigenvalue weighted by atomic mass is 28.4. The summed E-state index contributed by atoms with van der Waals surface area (Å²) < 4.78 is 32.2. The molecule has 8 nitrogen and oxygen atoms in total. The number of phenolic OH excluding ortho intramolecular Hbond substituents is 2. The van der Waals surface area contributed by atoms with Crippen molar-refractivity contribution in [1.29, 1.82) is 0 Å². The first-order valence-electron chi connectivity index (χ1n) is 10.1. The van der Waals surface area contributed by atoms with Crippen LogP contribution in [0.15, 0.2) is 48.5 Å². The van der Waals surface area contributed by atoms with Crippen molar-refractivity contribution in [2.45, 2.75) is 24.9 Å². The standard InChI is InChI=1S/2C11H18O4Si/c1-9(16(13-2,14-3)15-4)10-5-7-11(12)8-6-10;1-13-16(14-2,15-3)9-8-10-4-6-11(12)7-5-10/h5-9,12H,1-4H3;4-7,12H,8-9H2,1-3H3. The first kappa shape index (κ1) is 28.3. The van der Waals surface area contributed by atoms with Gasteiger partial charge in [0.25, 0.3) is 0 Å². The van der Waals surface area contributed by atoms with E-state index in [0.717, 1.165) is 23.6 Å². The molecule has 0 aliphatic rings. The fourth-order valence-electron chi connectivity index (χ4n) is 3.26. The zero-order chi connectivity index (χ0) is 24.2. The lowest BCUT2D eigenvalue weighted by Crippen LogP contribution is -2.48. The molecule has 1 unspecified atom stereocenters. The van der Waals surface area contributed by atoms with Gasteiger partial charge in [0, 0.05) is 48.7 Å². The number of aryl methyl sites for hydroxylation is 1. The summed E-state index contributed by atoms with van der Waals surface area (Å²) >= 11 is 0. The third-order valence-corrected chi connectivity index (χ3v) is 11.2. The first-order chi connectivity index (χ1) is 15.2. The summed E-state index contributed by atoms with van der Waals surface area (Å²) in [4.78, 5) is 0. The Hall–Kier alpha value is -1.77. The quantitative estimate of drug-likeness (QED) is 0.466. The van der Waals surface area contributed by atoms with Crippen LogP contribution in [0.1, 0.15) is 23.6 Å². The van der Waals surface area contributed by atoms with Gasteiger partial charge in [-0.1, -0.05) is 31.2 Å². The van der Waals surface area contributed by atoms with Crippen LogP contribution in [-0.2, 0) is 33.0 Å². The van der Waals surface area contributed by atoms with E-state index < -0.39 is 17.6 Å². The zero-order valence-electron chi connectivity index (χ0n) is 20.0. The van der Waals surface area contributed by atoms with Gasteiger partial charge < -0.3 is 36.8 Å². The van der Waals surface area contributed by atoms with Crippen LogP contribution in [0, 0.1) is 0 Å². The minimum Gasteiger partial charge on any atom is -0.508 e. The van der Waals surface area contributed by atoms with Gasteiger partial charge in [0.15, 0.2) is 0 Å². The number of hydrogen-bond acceptors (Lipinski definition) is 8. The Balaban J connectivity index is 0.000000320. The van der Waals surface area contributed by atoms with Crippen LogP contribution >= 0.6 is 0 Å². The Morgan fingerprint density at radius 2 is 1.06 bits per heavy atom. The molecule has 0 fully saturated rings. The molecule has 0 aromatic heterocycles. The van der Waals surface area contributed by atoms with Crippen LogP contribution < -0.4 is 0 Å². The van der Waals surface area contributed by atoms with Gasteiger partial charge in [0.05, 0.1) is 5.54 Å². The Bertz CT molecular complexity index is 746. The third kappa shape index (κ3) is 7.68. The predicted molar refractivity (Wildman–Crippen MR) is 127 cm³/mol. The van der Waals surface area contributed by atoms with Gasteiger partial charge in [0.1, 0.15) is 11.5 Å². The lowest BCUT2D eigenvalue weighted by Gasteiger charge is -2.30. The van der Waals surface area contributed by atoms with E-state index in [1.165, 1.54) is 0 Å². The summed E-state index contributed by atoms with van der Waals surface area (Å²) in [6, 6.07) is 14.8. The highest BCUT2D eigenvalue weighted by Crippen LogP contribution is 2.29. The number of hydrogen-bond donors (Lipinski definition) is 2. The molecule has 0 saturated heterocycles. The molecule has 0 heterocycles. The number of phenols is 2. The smallest absolute Gasteiger partial charge is 0.507 e. The minimum absolute atomic E-state index is 0.0214. The summed E-state index contributed by atoms with van der Waals surface area (Å²) in [6.45, 7) is 2.00. The number of benzene rings is 2. The van der Waals surface area contributed by atoms with Crippen molar-refractivity contribution in [1.82, 2.24) is 0 Å². The average Bonchev–Trinajstić information content (AvgIpc) is 2.84. The lowest BCUT2D eigenvalue weighted by atomic mass is 10.1. The van der Waals surface area contributed by atoms with Gasteiger partial charge in [-0.2, -0.15) is 0 Å². The molecule has 0 bridgehead atoms. The van der Waals surface area contributed by atoms with Gasteiger partial charge in [-0.15, -0.1) is 0 Å². The molecular weight excluding hydrogens is 448 g/mol. The van der Waals surface area contributed by atoms with E-state index in [4.69, 9.17) is 31.7 Å². The molecule has 2 aromatic carbocycles. The normalized spacial score (nSPS) is 12.7. The van der Waals surface area contributed by atoms with Crippen LogP contribution in [-0.4, -0.2) is 70.5 Å². The van der Waals surface area contributed by atoms with Crippen molar-refractivity contribution >= 4 is 17.6 Å². The molecule has 2 N–H and O–H groups in total. The number of rotatable bonds is 11. The molecule has 2 rings (SSSR count). The van der Waals surface area contributed by atoms with Crippen molar-refractivity contribution in [3.63, 3.8) is 0 Å². The van der Waals surface area contributed by atoms with Crippen molar-refractivity contribution in [3.8, 4) is 11.5 Å². The predicted octanol–water partition coefficient (Wildman–Crippen LogP) is 3.73. The van der Waals surface area contributed by atoms with E-state index in [9.17, 15) is 5.11 Å². The summed E-state index contributed by atoms with van der Waals surface area (Å²) in [5.41, 5.74) is 2.17. The van der Waals surface area contributed by atoms with Gasteiger partial charge >= 0.3 is 17.6 Å². The van der Waals surface area contributed by atoms with Crippen LogP contribution in [0.25, 0.3) is 0 Å². The van der Waals surface area contributed by atoms with Crippen LogP contribution in [0.3, 0.4) is 0 Å². The topological polar surface area (TPSA) is 95.8 Å². The van der Waals surface area contributed by atoms with E-state index in [1.54, 1.807) is 66.9 Å². The van der Waals surface area contributed by atoms with Gasteiger partial charge in [-0.25, -0.2) is 0 Å². The molecule has 32 heavy (non-hydrogen) atoms. The lowest BCUT2D eigenvalue weighted by molar-refractivity contribution is 0.114. The fraction of sp³-hybridized carbons (Fsp3) is 0.455. The molecule has 0 aliphatic carbocycles. The highest BCUT2D eigenvalue weighted by Gasteiger charge is 2.45. The van der Waals surface area contributed by atoms with Gasteiger partial charge in [-0.05, 0) is 41.8 Å². The van der Waals surface area contributed by atoms with Crippen molar-refractivity contribution in [2.24, 2.45) is 0 Å². The Morgan fingerprint density at radius 3 is 1.44 bits per heavy atom. The van der Waals surface area contributed by atoms with E-state index in [2.05, 4.69) is 0 Å². The fourth-order valence-corrected chi connectivity index (χ4v) is 7.13. The number of aromatic hydroxyl groups is 2. The summed E-state index contributed by atoms with van der Waals surface area (Å²) in [7, 11) is 4.46. The minimum atomic E-state index is -2.66.